The molecular formula is C26H23NO5. The van der Waals surface area contributed by atoms with Crippen LogP contribution < -0.4 is 10.3 Å². The zero-order valence-corrected chi connectivity index (χ0v) is 17.6. The van der Waals surface area contributed by atoms with Gasteiger partial charge in [0.1, 0.15) is 24.7 Å². The Morgan fingerprint density at radius 1 is 0.969 bits per heavy atom. The summed E-state index contributed by atoms with van der Waals surface area (Å²) in [7, 11) is 0. The molecule has 3 aromatic carbocycles. The molecule has 162 valence electrons. The van der Waals surface area contributed by atoms with E-state index in [9.17, 15) is 19.8 Å². The summed E-state index contributed by atoms with van der Waals surface area (Å²) in [6, 6.07) is 22.7. The maximum atomic E-state index is 13.1. The Morgan fingerprint density at radius 2 is 1.59 bits per heavy atom. The zero-order chi connectivity index (χ0) is 22.7. The molecule has 0 saturated carbocycles. The highest BCUT2D eigenvalue weighted by atomic mass is 16.5. The first-order valence-corrected chi connectivity index (χ1v) is 10.3. The molecular weight excluding hydrogens is 406 g/mol. The first kappa shape index (κ1) is 21.2. The molecule has 0 unspecified atom stereocenters. The van der Waals surface area contributed by atoms with Gasteiger partial charge in [-0.2, -0.15) is 0 Å². The summed E-state index contributed by atoms with van der Waals surface area (Å²) in [6.45, 7) is 1.52. The van der Waals surface area contributed by atoms with Crippen LogP contribution in [-0.4, -0.2) is 20.7 Å². The van der Waals surface area contributed by atoms with Gasteiger partial charge >= 0.3 is 5.97 Å². The predicted molar refractivity (Wildman–Crippen MR) is 122 cm³/mol. The second-order valence-electron chi connectivity index (χ2n) is 7.67. The lowest BCUT2D eigenvalue weighted by atomic mass is 9.97. The maximum absolute atomic E-state index is 13.1. The van der Waals surface area contributed by atoms with Gasteiger partial charge in [-0.15, -0.1) is 0 Å². The number of hydrogen-bond donors (Lipinski definition) is 2. The number of nitrogens with zero attached hydrogens (tertiary/aromatic N) is 1. The topological polar surface area (TPSA) is 88.8 Å². The normalized spacial score (nSPS) is 10.9. The monoisotopic (exact) mass is 429 g/mol. The second-order valence-corrected chi connectivity index (χ2v) is 7.67. The summed E-state index contributed by atoms with van der Waals surface area (Å²) in [5.74, 6) is -0.872. The van der Waals surface area contributed by atoms with Crippen LogP contribution in [0, 0.1) is 6.92 Å². The lowest BCUT2D eigenvalue weighted by molar-refractivity contribution is -0.137. The Morgan fingerprint density at radius 3 is 2.22 bits per heavy atom. The fourth-order valence-corrected chi connectivity index (χ4v) is 3.85. The number of ether oxygens (including phenoxy) is 1. The minimum Gasteiger partial charge on any atom is -0.507 e. The molecule has 0 aliphatic rings. The van der Waals surface area contributed by atoms with Crippen LogP contribution in [-0.2, 0) is 24.4 Å². The van der Waals surface area contributed by atoms with E-state index in [1.807, 2.05) is 60.7 Å². The Balaban J connectivity index is 1.89. The van der Waals surface area contributed by atoms with Crippen molar-refractivity contribution in [2.45, 2.75) is 26.5 Å². The Hall–Kier alpha value is -4.06. The largest absolute Gasteiger partial charge is 0.507 e. The first-order valence-electron chi connectivity index (χ1n) is 10.3. The van der Waals surface area contributed by atoms with Crippen molar-refractivity contribution >= 4 is 16.7 Å². The van der Waals surface area contributed by atoms with Crippen molar-refractivity contribution in [2.75, 3.05) is 0 Å². The molecule has 0 spiro atoms. The van der Waals surface area contributed by atoms with Gasteiger partial charge in [0.25, 0.3) is 5.56 Å². The van der Waals surface area contributed by atoms with Gasteiger partial charge in [-0.25, -0.2) is 0 Å². The molecule has 0 aliphatic heterocycles. The molecule has 1 aromatic heterocycles. The molecule has 0 bridgehead atoms. The lowest BCUT2D eigenvalue weighted by Crippen LogP contribution is -2.26. The van der Waals surface area contributed by atoms with E-state index in [1.165, 1.54) is 6.07 Å². The number of aryl methyl sites for hydroxylation is 1. The molecule has 0 fully saturated rings. The fourth-order valence-electron chi connectivity index (χ4n) is 3.85. The van der Waals surface area contributed by atoms with Gasteiger partial charge in [0.05, 0.1) is 5.39 Å². The maximum Gasteiger partial charge on any atom is 0.323 e. The molecule has 32 heavy (non-hydrogen) atoms. The SMILES string of the molecule is Cc1cc2c(Cc3ccccc3)c(OCc3ccccc3)cc(O)c2c(=O)n1CC(=O)O. The third kappa shape index (κ3) is 4.34. The van der Waals surface area contributed by atoms with E-state index < -0.39 is 18.1 Å². The quantitative estimate of drug-likeness (QED) is 0.458. The van der Waals surface area contributed by atoms with Crippen LogP contribution in [0.25, 0.3) is 10.8 Å². The molecule has 0 aliphatic carbocycles. The van der Waals surface area contributed by atoms with E-state index in [1.54, 1.807) is 13.0 Å². The highest BCUT2D eigenvalue weighted by Crippen LogP contribution is 2.36. The van der Waals surface area contributed by atoms with Crippen LogP contribution in [0.2, 0.25) is 0 Å². The summed E-state index contributed by atoms with van der Waals surface area (Å²) < 4.78 is 7.25. The lowest BCUT2D eigenvalue weighted by Gasteiger charge is -2.18. The number of benzene rings is 3. The summed E-state index contributed by atoms with van der Waals surface area (Å²) in [6.07, 6.45) is 0.490. The average Bonchev–Trinajstić information content (AvgIpc) is 2.78. The van der Waals surface area contributed by atoms with Crippen LogP contribution in [0.3, 0.4) is 0 Å². The number of rotatable bonds is 7. The standard InChI is InChI=1S/C26H23NO5/c1-17-12-21-20(13-18-8-4-2-5-9-18)23(32-16-19-10-6-3-7-11-19)14-22(28)25(21)26(31)27(17)15-24(29)30/h2-12,14,28H,13,15-16H2,1H3,(H,29,30). The number of phenolic OH excluding ortho intramolecular Hbond substituents is 1. The van der Waals surface area contributed by atoms with E-state index >= 15 is 0 Å². The second kappa shape index (κ2) is 8.98. The number of fused-ring (bicyclic) bond motifs is 1. The third-order valence-corrected chi connectivity index (χ3v) is 5.41. The van der Waals surface area contributed by atoms with E-state index in [-0.39, 0.29) is 11.1 Å². The molecule has 4 aromatic rings. The molecule has 0 amide bonds. The van der Waals surface area contributed by atoms with Crippen molar-refractivity contribution in [3.8, 4) is 11.5 Å². The number of carboxylic acid groups (broad SMARTS) is 1. The number of pyridine rings is 1. The van der Waals surface area contributed by atoms with E-state index in [2.05, 4.69) is 0 Å². The zero-order valence-electron chi connectivity index (χ0n) is 17.6. The van der Waals surface area contributed by atoms with Gasteiger partial charge in [-0.05, 0) is 29.5 Å². The van der Waals surface area contributed by atoms with Gasteiger partial charge in [0, 0.05) is 23.7 Å². The fraction of sp³-hybridized carbons (Fsp3) is 0.154. The number of aromatic nitrogens is 1. The van der Waals surface area contributed by atoms with Crippen molar-refractivity contribution in [1.82, 2.24) is 4.57 Å². The molecule has 1 heterocycles. The molecule has 6 heteroatoms. The van der Waals surface area contributed by atoms with Crippen LogP contribution in [0.5, 0.6) is 11.5 Å². The van der Waals surface area contributed by atoms with Crippen molar-refractivity contribution in [3.63, 3.8) is 0 Å². The summed E-state index contributed by atoms with van der Waals surface area (Å²) >= 11 is 0. The highest BCUT2D eigenvalue weighted by molar-refractivity contribution is 5.93. The molecule has 0 atom stereocenters. The molecule has 2 N–H and O–H groups in total. The number of aliphatic carboxylic acids is 1. The number of carboxylic acids is 1. The van der Waals surface area contributed by atoms with E-state index in [0.717, 1.165) is 21.3 Å². The summed E-state index contributed by atoms with van der Waals surface area (Å²) in [4.78, 5) is 24.3. The Labute approximate surface area is 185 Å². The van der Waals surface area contributed by atoms with Crippen LogP contribution in [0.4, 0.5) is 0 Å². The number of carbonyl (C=O) groups is 1. The van der Waals surface area contributed by atoms with Crippen LogP contribution in [0.15, 0.2) is 77.6 Å². The van der Waals surface area contributed by atoms with Crippen LogP contribution >= 0.6 is 0 Å². The smallest absolute Gasteiger partial charge is 0.323 e. The van der Waals surface area contributed by atoms with Gasteiger partial charge in [-0.1, -0.05) is 60.7 Å². The molecule has 0 saturated heterocycles. The average molecular weight is 429 g/mol. The van der Waals surface area contributed by atoms with Crippen LogP contribution in [0.1, 0.15) is 22.4 Å². The number of hydrogen-bond acceptors (Lipinski definition) is 4. The van der Waals surface area contributed by atoms with E-state index in [4.69, 9.17) is 4.74 Å². The number of phenols is 1. The molecule has 0 radical (unpaired) electrons. The van der Waals surface area contributed by atoms with Crippen molar-refractivity contribution in [2.24, 2.45) is 0 Å². The van der Waals surface area contributed by atoms with E-state index in [0.29, 0.717) is 29.9 Å². The van der Waals surface area contributed by atoms with Crippen molar-refractivity contribution in [3.05, 3.63) is 106 Å². The van der Waals surface area contributed by atoms with Gasteiger partial charge < -0.3 is 19.5 Å². The molecule has 4 rings (SSSR count). The summed E-state index contributed by atoms with van der Waals surface area (Å²) in [5, 5.41) is 20.6. The minimum absolute atomic E-state index is 0.0924. The Kier molecular flexibility index (Phi) is 5.94. The summed E-state index contributed by atoms with van der Waals surface area (Å²) in [5.41, 5.74) is 2.73. The highest BCUT2D eigenvalue weighted by Gasteiger charge is 2.19. The predicted octanol–water partition coefficient (Wildman–Crippen LogP) is 4.27. The minimum atomic E-state index is -1.12. The van der Waals surface area contributed by atoms with Gasteiger partial charge in [0.15, 0.2) is 0 Å². The Bertz CT molecular complexity index is 1330. The number of aromatic hydroxyl groups is 1. The molecule has 6 nitrogen and oxygen atoms in total. The van der Waals surface area contributed by atoms with Crippen molar-refractivity contribution < 1.29 is 19.7 Å². The third-order valence-electron chi connectivity index (χ3n) is 5.41. The van der Waals surface area contributed by atoms with Gasteiger partial charge in [0.2, 0.25) is 0 Å². The van der Waals surface area contributed by atoms with Crippen molar-refractivity contribution in [1.29, 1.82) is 0 Å². The van der Waals surface area contributed by atoms with Gasteiger partial charge in [-0.3, -0.25) is 9.59 Å². The first-order chi connectivity index (χ1) is 15.4.